The van der Waals surface area contributed by atoms with Gasteiger partial charge in [-0.2, -0.15) is 0 Å². The first-order valence-electron chi connectivity index (χ1n) is 10.9. The zero-order valence-electron chi connectivity index (χ0n) is 16.6. The van der Waals surface area contributed by atoms with E-state index >= 15 is 0 Å². The smallest absolute Gasteiger partial charge is 0.289 e. The monoisotopic (exact) mass is 363 g/mol. The van der Waals surface area contributed by atoms with Gasteiger partial charge in [-0.05, 0) is 64.1 Å². The molecule has 148 valence electrons. The summed E-state index contributed by atoms with van der Waals surface area (Å²) >= 11 is 0. The molecule has 0 aromatic rings. The fraction of sp³-hybridized carbons (Fsp3) is 0.905. The molecule has 0 aromatic carbocycles. The van der Waals surface area contributed by atoms with E-state index in [-0.39, 0.29) is 11.7 Å². The van der Waals surface area contributed by atoms with Crippen molar-refractivity contribution in [3.63, 3.8) is 0 Å². The molecule has 2 aliphatic heterocycles. The molecule has 1 amide bonds. The van der Waals surface area contributed by atoms with Crippen LogP contribution in [0.5, 0.6) is 0 Å². The van der Waals surface area contributed by atoms with E-state index in [1.165, 1.54) is 71.3 Å². The lowest BCUT2D eigenvalue weighted by molar-refractivity contribution is -0.144. The van der Waals surface area contributed by atoms with Crippen LogP contribution < -0.4 is 0 Å². The number of carbonyl (C=O) groups excluding carboxylic acids is 2. The van der Waals surface area contributed by atoms with Gasteiger partial charge in [0.25, 0.3) is 5.91 Å². The maximum Gasteiger partial charge on any atom is 0.289 e. The number of piperidine rings is 2. The molecule has 26 heavy (non-hydrogen) atoms. The van der Waals surface area contributed by atoms with E-state index in [1.54, 1.807) is 0 Å². The van der Waals surface area contributed by atoms with Gasteiger partial charge in [-0.1, -0.05) is 19.3 Å². The van der Waals surface area contributed by atoms with Gasteiger partial charge < -0.3 is 14.7 Å². The second-order valence-corrected chi connectivity index (χ2v) is 8.65. The number of likely N-dealkylation sites (tertiary alicyclic amines) is 2. The molecule has 5 nitrogen and oxygen atoms in total. The molecule has 1 atom stereocenters. The third-order valence-corrected chi connectivity index (χ3v) is 6.59. The molecule has 0 radical (unpaired) electrons. The van der Waals surface area contributed by atoms with Gasteiger partial charge in [0.2, 0.25) is 5.78 Å². The van der Waals surface area contributed by atoms with Crippen molar-refractivity contribution < 1.29 is 9.59 Å². The number of hydrogen-bond donors (Lipinski definition) is 0. The lowest BCUT2D eigenvalue weighted by Crippen LogP contribution is -2.48. The molecule has 2 heterocycles. The van der Waals surface area contributed by atoms with Crippen molar-refractivity contribution in [1.29, 1.82) is 0 Å². The summed E-state index contributed by atoms with van der Waals surface area (Å²) in [5.41, 5.74) is 0. The summed E-state index contributed by atoms with van der Waals surface area (Å²) in [6, 6.07) is 0.767. The van der Waals surface area contributed by atoms with E-state index in [0.717, 1.165) is 38.8 Å². The van der Waals surface area contributed by atoms with Crippen LogP contribution in [0.1, 0.15) is 64.7 Å². The van der Waals surface area contributed by atoms with Gasteiger partial charge >= 0.3 is 0 Å². The Morgan fingerprint density at radius 3 is 2.35 bits per heavy atom. The van der Waals surface area contributed by atoms with E-state index in [0.29, 0.717) is 12.5 Å². The summed E-state index contributed by atoms with van der Waals surface area (Å²) in [6.07, 6.45) is 11.7. The largest absolute Gasteiger partial charge is 0.335 e. The predicted molar refractivity (Wildman–Crippen MR) is 104 cm³/mol. The standard InChI is InChI=1S/C21H37N3O2/c1-18(25)21(26)24(15-14-22-11-5-2-6-12-22)17-19-8-7-13-23(16-19)20-9-3-4-10-20/h19-20H,2-17H2,1H3/t19-/m0/s1. The Kier molecular flexibility index (Phi) is 7.50. The van der Waals surface area contributed by atoms with Gasteiger partial charge in [-0.15, -0.1) is 0 Å². The van der Waals surface area contributed by atoms with Crippen LogP contribution in [0.3, 0.4) is 0 Å². The third-order valence-electron chi connectivity index (χ3n) is 6.59. The second-order valence-electron chi connectivity index (χ2n) is 8.65. The highest BCUT2D eigenvalue weighted by molar-refractivity contribution is 6.35. The topological polar surface area (TPSA) is 43.9 Å². The van der Waals surface area contributed by atoms with Gasteiger partial charge in [0.05, 0.1) is 0 Å². The van der Waals surface area contributed by atoms with Crippen molar-refractivity contribution in [2.75, 3.05) is 45.8 Å². The summed E-state index contributed by atoms with van der Waals surface area (Å²) in [4.78, 5) is 31.2. The molecule has 0 spiro atoms. The number of ketones is 1. The molecule has 1 aliphatic carbocycles. The Balaban J connectivity index is 1.53. The minimum absolute atomic E-state index is 0.278. The van der Waals surface area contributed by atoms with Crippen LogP contribution in [0.15, 0.2) is 0 Å². The zero-order valence-corrected chi connectivity index (χ0v) is 16.6. The van der Waals surface area contributed by atoms with Crippen LogP contribution in [0.25, 0.3) is 0 Å². The van der Waals surface area contributed by atoms with Gasteiger partial charge in [-0.3, -0.25) is 9.59 Å². The molecule has 3 fully saturated rings. The quantitative estimate of drug-likeness (QED) is 0.652. The number of amides is 1. The van der Waals surface area contributed by atoms with Gasteiger partial charge in [-0.25, -0.2) is 0 Å². The van der Waals surface area contributed by atoms with Gasteiger partial charge in [0, 0.05) is 39.1 Å². The molecule has 1 saturated carbocycles. The SMILES string of the molecule is CC(=O)C(=O)N(CCN1CCCCC1)C[C@H]1CCCN(C2CCCC2)C1. The average Bonchev–Trinajstić information content (AvgIpc) is 3.20. The maximum atomic E-state index is 12.5. The summed E-state index contributed by atoms with van der Waals surface area (Å²) in [6.45, 7) is 8.40. The average molecular weight is 364 g/mol. The van der Waals surface area contributed by atoms with Crippen molar-refractivity contribution in [1.82, 2.24) is 14.7 Å². The van der Waals surface area contributed by atoms with E-state index in [1.807, 2.05) is 4.90 Å². The molecular formula is C21H37N3O2. The van der Waals surface area contributed by atoms with Crippen molar-refractivity contribution in [3.05, 3.63) is 0 Å². The summed E-state index contributed by atoms with van der Waals surface area (Å²) in [7, 11) is 0. The number of hydrogen-bond acceptors (Lipinski definition) is 4. The zero-order chi connectivity index (χ0) is 18.4. The van der Waals surface area contributed by atoms with Gasteiger partial charge in [0.1, 0.15) is 0 Å². The van der Waals surface area contributed by atoms with Crippen molar-refractivity contribution in [3.8, 4) is 0 Å². The van der Waals surface area contributed by atoms with Crippen LogP contribution >= 0.6 is 0 Å². The highest BCUT2D eigenvalue weighted by atomic mass is 16.2. The van der Waals surface area contributed by atoms with Gasteiger partial charge in [0.15, 0.2) is 0 Å². The van der Waals surface area contributed by atoms with Crippen LogP contribution in [-0.2, 0) is 9.59 Å². The Hall–Kier alpha value is -0.940. The Bertz CT molecular complexity index is 470. The van der Waals surface area contributed by atoms with Crippen molar-refractivity contribution >= 4 is 11.7 Å². The van der Waals surface area contributed by atoms with Crippen LogP contribution in [0, 0.1) is 5.92 Å². The molecular weight excluding hydrogens is 326 g/mol. The normalized spacial score (nSPS) is 26.1. The second kappa shape index (κ2) is 9.84. The van der Waals surface area contributed by atoms with Crippen LogP contribution in [0.4, 0.5) is 0 Å². The van der Waals surface area contributed by atoms with E-state index in [9.17, 15) is 9.59 Å². The molecule has 0 N–H and O–H groups in total. The third kappa shape index (κ3) is 5.53. The fourth-order valence-electron chi connectivity index (χ4n) is 5.10. The van der Waals surface area contributed by atoms with Crippen molar-refractivity contribution in [2.45, 2.75) is 70.8 Å². The van der Waals surface area contributed by atoms with Crippen molar-refractivity contribution in [2.24, 2.45) is 5.92 Å². The van der Waals surface area contributed by atoms with E-state index in [4.69, 9.17) is 0 Å². The molecule has 3 aliphatic rings. The molecule has 5 heteroatoms. The number of nitrogens with zero attached hydrogens (tertiary/aromatic N) is 3. The number of carbonyl (C=O) groups is 2. The molecule has 2 saturated heterocycles. The Labute approximate surface area is 159 Å². The van der Waals surface area contributed by atoms with Crippen LogP contribution in [-0.4, -0.2) is 78.2 Å². The van der Waals surface area contributed by atoms with E-state index in [2.05, 4.69) is 9.80 Å². The number of rotatable bonds is 7. The first-order valence-corrected chi connectivity index (χ1v) is 10.9. The highest BCUT2D eigenvalue weighted by Crippen LogP contribution is 2.28. The fourth-order valence-corrected chi connectivity index (χ4v) is 5.10. The lowest BCUT2D eigenvalue weighted by atomic mass is 9.95. The van der Waals surface area contributed by atoms with Crippen LogP contribution in [0.2, 0.25) is 0 Å². The lowest BCUT2D eigenvalue weighted by Gasteiger charge is -2.39. The van der Waals surface area contributed by atoms with E-state index < -0.39 is 0 Å². The summed E-state index contributed by atoms with van der Waals surface area (Å²) in [5, 5.41) is 0. The summed E-state index contributed by atoms with van der Waals surface area (Å²) < 4.78 is 0. The first kappa shape index (κ1) is 19.8. The predicted octanol–water partition coefficient (Wildman–Crippen LogP) is 2.54. The Morgan fingerprint density at radius 1 is 0.923 bits per heavy atom. The molecule has 0 aromatic heterocycles. The highest BCUT2D eigenvalue weighted by Gasteiger charge is 2.30. The first-order chi connectivity index (χ1) is 12.6. The minimum atomic E-state index is -0.313. The molecule has 3 rings (SSSR count). The minimum Gasteiger partial charge on any atom is -0.335 e. The Morgan fingerprint density at radius 2 is 1.65 bits per heavy atom. The number of Topliss-reactive ketones (excluding diaryl/α,β-unsaturated/α-hetero) is 1. The molecule has 0 unspecified atom stereocenters. The molecule has 0 bridgehead atoms. The summed E-state index contributed by atoms with van der Waals surface area (Å²) in [5.74, 6) is -0.0684. The maximum absolute atomic E-state index is 12.5.